The molecule has 0 aromatic carbocycles. The van der Waals surface area contributed by atoms with E-state index in [2.05, 4.69) is 79.9 Å². The Balaban J connectivity index is 1.87. The Bertz CT molecular complexity index is 1350. The summed E-state index contributed by atoms with van der Waals surface area (Å²) in [6.45, 7) is 2.60. The molecule has 0 aromatic heterocycles. The van der Waals surface area contributed by atoms with Crippen LogP contribution in [0.1, 0.15) is 142 Å². The maximum absolute atomic E-state index is 13.1. The van der Waals surface area contributed by atoms with Crippen molar-refractivity contribution in [3.63, 3.8) is 0 Å². The molecule has 9 N–H and O–H groups in total. The first-order chi connectivity index (χ1) is 31.1. The Hall–Kier alpha value is -2.57. The molecule has 2 rings (SSSR count). The SMILES string of the molecule is CC/C=C\C/C=C\C/C=C\C/C=C\C/C=C\CCCCCC(=O)NC(COC1OC(CO)C(OC2OC(CO)C(O)C(O)C2O)C(O)C1O)C(O)/C=C/CCCCCCCCCCC. The van der Waals surface area contributed by atoms with Crippen molar-refractivity contribution < 1.29 is 64.6 Å². The molecule has 0 bridgehead atoms. The molecular weight excluding hydrogens is 823 g/mol. The van der Waals surface area contributed by atoms with E-state index in [4.69, 9.17) is 18.9 Å². The van der Waals surface area contributed by atoms with Crippen LogP contribution in [-0.4, -0.2) is 140 Å². The zero-order valence-electron chi connectivity index (χ0n) is 38.7. The molecule has 1 amide bonds. The quantitative estimate of drug-likeness (QED) is 0.0277. The molecule has 64 heavy (non-hydrogen) atoms. The second-order valence-corrected chi connectivity index (χ2v) is 16.9. The van der Waals surface area contributed by atoms with Crippen molar-refractivity contribution in [1.29, 1.82) is 0 Å². The van der Waals surface area contributed by atoms with Gasteiger partial charge in [-0.25, -0.2) is 0 Å². The number of carbonyl (C=O) groups is 1. The molecule has 0 aliphatic carbocycles. The highest BCUT2D eigenvalue weighted by atomic mass is 16.7. The molecule has 12 unspecified atom stereocenters. The van der Waals surface area contributed by atoms with Gasteiger partial charge in [-0.2, -0.15) is 0 Å². The van der Waals surface area contributed by atoms with Gasteiger partial charge in [0.25, 0.3) is 0 Å². The number of hydrogen-bond acceptors (Lipinski definition) is 13. The van der Waals surface area contributed by atoms with Gasteiger partial charge >= 0.3 is 0 Å². The van der Waals surface area contributed by atoms with Crippen LogP contribution < -0.4 is 5.32 Å². The summed E-state index contributed by atoms with van der Waals surface area (Å²) in [6.07, 6.45) is 28.0. The summed E-state index contributed by atoms with van der Waals surface area (Å²) in [5.41, 5.74) is 0. The van der Waals surface area contributed by atoms with E-state index in [1.165, 1.54) is 38.5 Å². The molecule has 0 saturated carbocycles. The van der Waals surface area contributed by atoms with Crippen molar-refractivity contribution in [3.05, 3.63) is 72.9 Å². The van der Waals surface area contributed by atoms with E-state index in [1.807, 2.05) is 6.08 Å². The molecule has 2 aliphatic rings. The minimum atomic E-state index is -1.79. The number of carbonyl (C=O) groups excluding carboxylic acids is 1. The average molecular weight is 908 g/mol. The Labute approximate surface area is 383 Å². The van der Waals surface area contributed by atoms with Crippen LogP contribution in [0.15, 0.2) is 72.9 Å². The zero-order chi connectivity index (χ0) is 46.8. The van der Waals surface area contributed by atoms with Crippen LogP contribution >= 0.6 is 0 Å². The Morgan fingerprint density at radius 3 is 1.66 bits per heavy atom. The molecule has 14 nitrogen and oxygen atoms in total. The molecule has 2 aliphatic heterocycles. The Kier molecular flexibility index (Phi) is 32.9. The van der Waals surface area contributed by atoms with Gasteiger partial charge in [-0.3, -0.25) is 4.79 Å². The molecule has 2 saturated heterocycles. The predicted octanol–water partition coefficient (Wildman–Crippen LogP) is 5.65. The van der Waals surface area contributed by atoms with Crippen molar-refractivity contribution >= 4 is 5.91 Å². The fourth-order valence-corrected chi connectivity index (χ4v) is 7.43. The summed E-state index contributed by atoms with van der Waals surface area (Å²) in [7, 11) is 0. The van der Waals surface area contributed by atoms with Gasteiger partial charge in [0.1, 0.15) is 48.8 Å². The van der Waals surface area contributed by atoms with Gasteiger partial charge in [-0.15, -0.1) is 0 Å². The normalized spacial score (nSPS) is 27.9. The number of ether oxygens (including phenoxy) is 4. The van der Waals surface area contributed by atoms with Crippen LogP contribution in [-0.2, 0) is 23.7 Å². The first kappa shape index (κ1) is 57.6. The fourth-order valence-electron chi connectivity index (χ4n) is 7.43. The van der Waals surface area contributed by atoms with Gasteiger partial charge < -0.3 is 65.1 Å². The first-order valence-electron chi connectivity index (χ1n) is 24.2. The number of allylic oxidation sites excluding steroid dienone is 11. The van der Waals surface area contributed by atoms with Gasteiger partial charge in [0.2, 0.25) is 5.91 Å². The molecule has 0 aromatic rings. The van der Waals surface area contributed by atoms with Crippen molar-refractivity contribution in [3.8, 4) is 0 Å². The van der Waals surface area contributed by atoms with Crippen LogP contribution in [0.3, 0.4) is 0 Å². The molecule has 14 heteroatoms. The predicted molar refractivity (Wildman–Crippen MR) is 249 cm³/mol. The third-order valence-corrected chi connectivity index (χ3v) is 11.4. The zero-order valence-corrected chi connectivity index (χ0v) is 38.7. The molecule has 0 spiro atoms. The van der Waals surface area contributed by atoms with E-state index in [9.17, 15) is 45.6 Å². The van der Waals surface area contributed by atoms with E-state index in [0.717, 1.165) is 77.0 Å². The summed E-state index contributed by atoms with van der Waals surface area (Å²) in [4.78, 5) is 13.1. The lowest BCUT2D eigenvalue weighted by molar-refractivity contribution is -0.359. The van der Waals surface area contributed by atoms with Gasteiger partial charge in [0, 0.05) is 6.42 Å². The molecule has 12 atom stereocenters. The number of rotatable bonds is 35. The van der Waals surface area contributed by atoms with Gasteiger partial charge in [-0.05, 0) is 64.2 Å². The minimum absolute atomic E-state index is 0.238. The second kappa shape index (κ2) is 36.5. The van der Waals surface area contributed by atoms with E-state index in [1.54, 1.807) is 6.08 Å². The number of nitrogens with one attached hydrogen (secondary N) is 1. The maximum atomic E-state index is 13.1. The summed E-state index contributed by atoms with van der Waals surface area (Å²) in [5, 5.41) is 86.5. The highest BCUT2D eigenvalue weighted by Crippen LogP contribution is 2.30. The number of aliphatic hydroxyl groups is 8. The third kappa shape index (κ3) is 23.7. The van der Waals surface area contributed by atoms with Crippen molar-refractivity contribution in [2.24, 2.45) is 0 Å². The average Bonchev–Trinajstić information content (AvgIpc) is 3.29. The van der Waals surface area contributed by atoms with E-state index < -0.39 is 86.8 Å². The molecular formula is C50H85NO13. The molecule has 2 fully saturated rings. The van der Waals surface area contributed by atoms with E-state index >= 15 is 0 Å². The summed E-state index contributed by atoms with van der Waals surface area (Å²) < 4.78 is 22.6. The third-order valence-electron chi connectivity index (χ3n) is 11.4. The van der Waals surface area contributed by atoms with Crippen LogP contribution in [0.2, 0.25) is 0 Å². The first-order valence-corrected chi connectivity index (χ1v) is 24.2. The summed E-state index contributed by atoms with van der Waals surface area (Å²) in [5.74, 6) is -0.277. The molecule has 0 radical (unpaired) electrons. The topological polar surface area (TPSA) is 228 Å². The fraction of sp³-hybridized carbons (Fsp3) is 0.740. The Morgan fingerprint density at radius 1 is 0.578 bits per heavy atom. The Morgan fingerprint density at radius 2 is 1.08 bits per heavy atom. The highest BCUT2D eigenvalue weighted by Gasteiger charge is 2.51. The largest absolute Gasteiger partial charge is 0.394 e. The summed E-state index contributed by atoms with van der Waals surface area (Å²) in [6, 6.07) is -0.934. The van der Waals surface area contributed by atoms with Crippen molar-refractivity contribution in [2.45, 2.75) is 216 Å². The number of hydrogen-bond donors (Lipinski definition) is 9. The number of amides is 1. The highest BCUT2D eigenvalue weighted by molar-refractivity contribution is 5.76. The standard InChI is InChI=1S/C50H85NO13/c1-3-5-7-9-11-13-15-16-17-18-19-20-21-22-24-26-28-30-32-34-42(55)51-38(39(54)33-31-29-27-25-23-14-12-10-8-6-4-2)37-61-49-47(60)45(58)48(41(36-53)63-49)64-50-46(59)44(57)43(56)40(35-52)62-50/h5,7,11,13,16-17,19-20,22,24,31,33,38-41,43-50,52-54,56-60H,3-4,6,8-10,12,14-15,18,21,23,25-30,32,34-37H2,1-2H3,(H,51,55)/b7-5-,13-11-,17-16-,20-19-,24-22-,33-31+. The molecule has 368 valence electrons. The minimum Gasteiger partial charge on any atom is -0.394 e. The smallest absolute Gasteiger partial charge is 0.220 e. The number of aliphatic hydroxyl groups excluding tert-OH is 8. The summed E-state index contributed by atoms with van der Waals surface area (Å²) >= 11 is 0. The van der Waals surface area contributed by atoms with Gasteiger partial charge in [0.15, 0.2) is 12.6 Å². The molecule has 2 heterocycles. The lowest BCUT2D eigenvalue weighted by Crippen LogP contribution is -2.65. The number of unbranched alkanes of at least 4 members (excludes halogenated alkanes) is 12. The van der Waals surface area contributed by atoms with Gasteiger partial charge in [0.05, 0.1) is 32.0 Å². The lowest BCUT2D eigenvalue weighted by Gasteiger charge is -2.46. The van der Waals surface area contributed by atoms with Gasteiger partial charge in [-0.1, -0.05) is 145 Å². The van der Waals surface area contributed by atoms with Crippen LogP contribution in [0.5, 0.6) is 0 Å². The maximum Gasteiger partial charge on any atom is 0.220 e. The van der Waals surface area contributed by atoms with Crippen molar-refractivity contribution in [2.75, 3.05) is 19.8 Å². The van der Waals surface area contributed by atoms with Crippen LogP contribution in [0, 0.1) is 0 Å². The van der Waals surface area contributed by atoms with Crippen LogP contribution in [0.4, 0.5) is 0 Å². The van der Waals surface area contributed by atoms with Crippen LogP contribution in [0.25, 0.3) is 0 Å². The van der Waals surface area contributed by atoms with E-state index in [0.29, 0.717) is 6.42 Å². The van der Waals surface area contributed by atoms with Crippen molar-refractivity contribution in [1.82, 2.24) is 5.32 Å². The van der Waals surface area contributed by atoms with E-state index in [-0.39, 0.29) is 18.9 Å². The lowest BCUT2D eigenvalue weighted by atomic mass is 9.97. The second-order valence-electron chi connectivity index (χ2n) is 16.9. The monoisotopic (exact) mass is 908 g/mol.